The number of benzene rings is 1. The quantitative estimate of drug-likeness (QED) is 0.374. The SMILES string of the molecule is O=Cc1c(I)cc[nH]c1=O.O=Cc1c(I)ccn(-c2ccc(F)cc2)c1=O. The van der Waals surface area contributed by atoms with E-state index >= 15 is 0 Å². The largest absolute Gasteiger partial charge is 0.328 e. The predicted molar refractivity (Wildman–Crippen MR) is 115 cm³/mol. The van der Waals surface area contributed by atoms with E-state index in [0.717, 1.165) is 0 Å². The maximum absolute atomic E-state index is 12.8. The lowest BCUT2D eigenvalue weighted by molar-refractivity contribution is 0.111. The standard InChI is InChI=1S/C12H7FINO2.C6H4INO2/c13-8-1-3-9(4-2-8)15-6-5-11(14)10(7-16)12(15)17;7-5-1-2-8-6(10)4(5)3-9/h1-7H;1-3H,(H,8,10). The number of halogens is 3. The summed E-state index contributed by atoms with van der Waals surface area (Å²) in [5, 5.41) is 0. The van der Waals surface area contributed by atoms with Crippen LogP contribution >= 0.6 is 45.2 Å². The van der Waals surface area contributed by atoms with Crippen molar-refractivity contribution in [2.75, 3.05) is 0 Å². The number of nitrogens with one attached hydrogen (secondary N) is 1. The minimum atomic E-state index is -0.404. The summed E-state index contributed by atoms with van der Waals surface area (Å²) in [4.78, 5) is 46.1. The van der Waals surface area contributed by atoms with E-state index in [1.807, 2.05) is 45.2 Å². The first-order chi connectivity index (χ1) is 12.9. The molecule has 2 aromatic heterocycles. The molecule has 0 amide bonds. The van der Waals surface area contributed by atoms with E-state index in [0.29, 0.717) is 25.4 Å². The Morgan fingerprint density at radius 2 is 1.48 bits per heavy atom. The third kappa shape index (κ3) is 5.19. The van der Waals surface area contributed by atoms with Gasteiger partial charge in [0.25, 0.3) is 11.1 Å². The zero-order valence-corrected chi connectivity index (χ0v) is 17.8. The Bertz CT molecular complexity index is 1090. The number of aromatic amines is 1. The smallest absolute Gasteiger partial charge is 0.266 e. The van der Waals surface area contributed by atoms with Gasteiger partial charge in [-0.25, -0.2) is 4.39 Å². The Labute approximate surface area is 179 Å². The van der Waals surface area contributed by atoms with Crippen LogP contribution in [-0.4, -0.2) is 22.1 Å². The lowest BCUT2D eigenvalue weighted by Crippen LogP contribution is -2.22. The number of hydrogen-bond donors (Lipinski definition) is 1. The number of nitrogens with zero attached hydrogens (tertiary/aromatic N) is 1. The Morgan fingerprint density at radius 1 is 0.889 bits per heavy atom. The predicted octanol–water partition coefficient (Wildman–Crippen LogP) is 3.19. The molecule has 3 rings (SSSR count). The van der Waals surface area contributed by atoms with E-state index < -0.39 is 5.56 Å². The van der Waals surface area contributed by atoms with Crippen molar-refractivity contribution in [2.24, 2.45) is 0 Å². The highest BCUT2D eigenvalue weighted by Gasteiger charge is 2.08. The van der Waals surface area contributed by atoms with Crippen LogP contribution in [0.15, 0.2) is 58.4 Å². The normalized spacial score (nSPS) is 9.89. The van der Waals surface area contributed by atoms with Crippen LogP contribution in [0.3, 0.4) is 0 Å². The molecule has 0 saturated heterocycles. The van der Waals surface area contributed by atoms with E-state index in [4.69, 9.17) is 0 Å². The highest BCUT2D eigenvalue weighted by molar-refractivity contribution is 14.1. The first-order valence-corrected chi connectivity index (χ1v) is 9.49. The van der Waals surface area contributed by atoms with Gasteiger partial charge in [-0.2, -0.15) is 0 Å². The van der Waals surface area contributed by atoms with Crippen molar-refractivity contribution in [3.63, 3.8) is 0 Å². The van der Waals surface area contributed by atoms with Gasteiger partial charge in [0.2, 0.25) is 0 Å². The van der Waals surface area contributed by atoms with Gasteiger partial charge in [-0.1, -0.05) is 0 Å². The number of H-pyrrole nitrogens is 1. The van der Waals surface area contributed by atoms with Crippen molar-refractivity contribution in [2.45, 2.75) is 0 Å². The summed E-state index contributed by atoms with van der Waals surface area (Å²) < 4.78 is 15.4. The number of aldehydes is 2. The van der Waals surface area contributed by atoms with Crippen molar-refractivity contribution in [3.8, 4) is 5.69 Å². The van der Waals surface area contributed by atoms with Gasteiger partial charge in [0.05, 0.1) is 11.1 Å². The average Bonchev–Trinajstić information content (AvgIpc) is 2.64. The summed E-state index contributed by atoms with van der Waals surface area (Å²) in [5.41, 5.74) is 0.0943. The fourth-order valence-corrected chi connectivity index (χ4v) is 3.09. The van der Waals surface area contributed by atoms with Crippen molar-refractivity contribution in [3.05, 3.63) is 93.6 Å². The Balaban J connectivity index is 0.000000223. The third-order valence-electron chi connectivity index (χ3n) is 3.36. The number of carbonyl (C=O) groups excluding carboxylic acids is 2. The monoisotopic (exact) mass is 592 g/mol. The van der Waals surface area contributed by atoms with Crippen LogP contribution in [0.5, 0.6) is 0 Å². The molecule has 0 unspecified atom stereocenters. The maximum atomic E-state index is 12.8. The molecule has 0 spiro atoms. The molecule has 0 aliphatic rings. The van der Waals surface area contributed by atoms with E-state index in [9.17, 15) is 23.6 Å². The Hall–Kier alpha value is -2.15. The summed E-state index contributed by atoms with van der Waals surface area (Å²) in [7, 11) is 0. The fourth-order valence-electron chi connectivity index (χ4n) is 2.02. The first-order valence-electron chi connectivity index (χ1n) is 7.33. The second kappa shape index (κ2) is 9.69. The molecule has 27 heavy (non-hydrogen) atoms. The summed E-state index contributed by atoms with van der Waals surface area (Å²) >= 11 is 3.86. The van der Waals surface area contributed by atoms with Gasteiger partial charge in [0.15, 0.2) is 12.6 Å². The number of aromatic nitrogens is 2. The van der Waals surface area contributed by atoms with Gasteiger partial charge in [0, 0.05) is 25.2 Å². The van der Waals surface area contributed by atoms with Gasteiger partial charge in [-0.05, 0) is 81.6 Å². The highest BCUT2D eigenvalue weighted by Crippen LogP contribution is 2.10. The lowest BCUT2D eigenvalue weighted by Gasteiger charge is -2.06. The molecule has 6 nitrogen and oxygen atoms in total. The summed E-state index contributed by atoms with van der Waals surface area (Å²) in [6.45, 7) is 0. The topological polar surface area (TPSA) is 89.0 Å². The van der Waals surface area contributed by atoms with Crippen LogP contribution in [0.2, 0.25) is 0 Å². The van der Waals surface area contributed by atoms with Gasteiger partial charge in [0.1, 0.15) is 5.82 Å². The summed E-state index contributed by atoms with van der Waals surface area (Å²) in [5.74, 6) is -0.372. The number of hydrogen-bond acceptors (Lipinski definition) is 4. The van der Waals surface area contributed by atoms with Gasteiger partial charge in [-0.15, -0.1) is 0 Å². The van der Waals surface area contributed by atoms with Crippen LogP contribution in [0.1, 0.15) is 20.7 Å². The number of carbonyl (C=O) groups is 2. The highest BCUT2D eigenvalue weighted by atomic mass is 127. The zero-order chi connectivity index (χ0) is 20.0. The zero-order valence-electron chi connectivity index (χ0n) is 13.5. The minimum absolute atomic E-state index is 0.109. The third-order valence-corrected chi connectivity index (χ3v) is 5.24. The molecule has 0 aliphatic carbocycles. The second-order valence-electron chi connectivity index (χ2n) is 5.03. The first kappa shape index (κ1) is 21.2. The van der Waals surface area contributed by atoms with E-state index in [-0.39, 0.29) is 22.5 Å². The Kier molecular flexibility index (Phi) is 7.59. The molecular weight excluding hydrogens is 581 g/mol. The average molecular weight is 592 g/mol. The number of rotatable bonds is 3. The molecule has 1 N–H and O–H groups in total. The molecule has 0 radical (unpaired) electrons. The van der Waals surface area contributed by atoms with E-state index in [2.05, 4.69) is 4.98 Å². The molecule has 138 valence electrons. The molecule has 2 heterocycles. The van der Waals surface area contributed by atoms with Gasteiger partial charge in [-0.3, -0.25) is 23.7 Å². The van der Waals surface area contributed by atoms with E-state index in [1.54, 1.807) is 18.3 Å². The van der Waals surface area contributed by atoms with E-state index in [1.165, 1.54) is 35.0 Å². The minimum Gasteiger partial charge on any atom is -0.328 e. The van der Waals surface area contributed by atoms with Crippen LogP contribution in [-0.2, 0) is 0 Å². The Morgan fingerprint density at radius 3 is 2.00 bits per heavy atom. The molecule has 0 aliphatic heterocycles. The van der Waals surface area contributed by atoms with Crippen molar-refractivity contribution in [1.29, 1.82) is 0 Å². The van der Waals surface area contributed by atoms with Gasteiger partial charge < -0.3 is 4.98 Å². The second-order valence-corrected chi connectivity index (χ2v) is 7.36. The van der Waals surface area contributed by atoms with Crippen LogP contribution in [0.25, 0.3) is 5.69 Å². The van der Waals surface area contributed by atoms with Crippen molar-refractivity contribution in [1.82, 2.24) is 9.55 Å². The molecular formula is C18H11FI2N2O4. The van der Waals surface area contributed by atoms with Crippen molar-refractivity contribution < 1.29 is 14.0 Å². The molecule has 3 aromatic rings. The summed E-state index contributed by atoms with van der Waals surface area (Å²) in [6.07, 6.45) is 4.16. The molecule has 0 bridgehead atoms. The lowest BCUT2D eigenvalue weighted by atomic mass is 10.2. The molecule has 1 aromatic carbocycles. The molecule has 0 fully saturated rings. The molecule has 0 saturated carbocycles. The van der Waals surface area contributed by atoms with Crippen LogP contribution in [0, 0.1) is 13.0 Å². The summed E-state index contributed by atoms with van der Waals surface area (Å²) in [6, 6.07) is 8.83. The molecule has 0 atom stereocenters. The molecule has 9 heteroatoms. The fraction of sp³-hybridized carbons (Fsp3) is 0. The maximum Gasteiger partial charge on any atom is 0.266 e. The number of pyridine rings is 2. The van der Waals surface area contributed by atoms with Crippen LogP contribution in [0.4, 0.5) is 4.39 Å². The van der Waals surface area contributed by atoms with Crippen molar-refractivity contribution >= 4 is 57.8 Å². The van der Waals surface area contributed by atoms with Crippen LogP contribution < -0.4 is 11.1 Å². The van der Waals surface area contributed by atoms with Gasteiger partial charge >= 0.3 is 0 Å².